The van der Waals surface area contributed by atoms with Crippen LogP contribution in [0.2, 0.25) is 0 Å². The standard InChI is InChI=1S/C17H19BrFNO/c1-17(2,3)20-11-12-8-9-15(13(18)10-12)21-16-7-5-4-6-14(16)19/h4-10,20H,11H2,1-3H3. The van der Waals surface area contributed by atoms with Gasteiger partial charge in [-0.15, -0.1) is 0 Å². The summed E-state index contributed by atoms with van der Waals surface area (Å²) in [4.78, 5) is 0. The number of ether oxygens (including phenoxy) is 1. The van der Waals surface area contributed by atoms with E-state index in [0.29, 0.717) is 5.75 Å². The van der Waals surface area contributed by atoms with E-state index in [1.807, 2.05) is 18.2 Å². The SMILES string of the molecule is CC(C)(C)NCc1ccc(Oc2ccccc2F)c(Br)c1. The molecule has 0 saturated heterocycles. The second kappa shape index (κ2) is 6.58. The fraction of sp³-hybridized carbons (Fsp3) is 0.294. The van der Waals surface area contributed by atoms with Gasteiger partial charge in [-0.3, -0.25) is 0 Å². The summed E-state index contributed by atoms with van der Waals surface area (Å²) in [5, 5.41) is 3.42. The van der Waals surface area contributed by atoms with Crippen LogP contribution in [-0.4, -0.2) is 5.54 Å². The van der Waals surface area contributed by atoms with E-state index in [2.05, 4.69) is 42.0 Å². The van der Waals surface area contributed by atoms with Gasteiger partial charge in [0.1, 0.15) is 5.75 Å². The van der Waals surface area contributed by atoms with Crippen LogP contribution in [0.15, 0.2) is 46.9 Å². The molecule has 1 N–H and O–H groups in total. The molecule has 0 radical (unpaired) electrons. The summed E-state index contributed by atoms with van der Waals surface area (Å²) in [5.74, 6) is 0.446. The fourth-order valence-corrected chi connectivity index (χ4v) is 2.26. The zero-order valence-corrected chi connectivity index (χ0v) is 14.0. The largest absolute Gasteiger partial charge is 0.453 e. The summed E-state index contributed by atoms with van der Waals surface area (Å²) in [6.45, 7) is 7.13. The van der Waals surface area contributed by atoms with Gasteiger partial charge in [0.05, 0.1) is 4.47 Å². The average Bonchev–Trinajstić information content (AvgIpc) is 2.41. The fourth-order valence-electron chi connectivity index (χ4n) is 1.75. The number of hydrogen-bond donors (Lipinski definition) is 1. The normalized spacial score (nSPS) is 11.5. The molecule has 0 fully saturated rings. The van der Waals surface area contributed by atoms with E-state index >= 15 is 0 Å². The van der Waals surface area contributed by atoms with Gasteiger partial charge in [-0.1, -0.05) is 18.2 Å². The van der Waals surface area contributed by atoms with Crippen LogP contribution >= 0.6 is 15.9 Å². The van der Waals surface area contributed by atoms with Gasteiger partial charge >= 0.3 is 0 Å². The summed E-state index contributed by atoms with van der Waals surface area (Å²) in [6.07, 6.45) is 0. The lowest BCUT2D eigenvalue weighted by molar-refractivity contribution is 0.423. The molecule has 2 aromatic rings. The van der Waals surface area contributed by atoms with Gasteiger partial charge in [-0.05, 0) is 66.5 Å². The van der Waals surface area contributed by atoms with Gasteiger partial charge in [0.15, 0.2) is 11.6 Å². The van der Waals surface area contributed by atoms with Crippen molar-refractivity contribution < 1.29 is 9.13 Å². The highest BCUT2D eigenvalue weighted by atomic mass is 79.9. The Hall–Kier alpha value is -1.39. The van der Waals surface area contributed by atoms with Gasteiger partial charge in [0.2, 0.25) is 0 Å². The summed E-state index contributed by atoms with van der Waals surface area (Å²) >= 11 is 3.47. The second-order valence-corrected chi connectivity index (χ2v) is 6.76. The van der Waals surface area contributed by atoms with Gasteiger partial charge in [-0.2, -0.15) is 0 Å². The molecule has 4 heteroatoms. The summed E-state index contributed by atoms with van der Waals surface area (Å²) < 4.78 is 20.0. The lowest BCUT2D eigenvalue weighted by atomic mass is 10.1. The molecular formula is C17H19BrFNO. The Balaban J connectivity index is 2.11. The maximum absolute atomic E-state index is 13.6. The van der Waals surface area contributed by atoms with E-state index < -0.39 is 0 Å². The first-order valence-electron chi connectivity index (χ1n) is 6.81. The van der Waals surface area contributed by atoms with Crippen LogP contribution in [-0.2, 0) is 6.54 Å². The lowest BCUT2D eigenvalue weighted by Crippen LogP contribution is -2.35. The highest BCUT2D eigenvalue weighted by Crippen LogP contribution is 2.31. The lowest BCUT2D eigenvalue weighted by Gasteiger charge is -2.20. The first-order chi connectivity index (χ1) is 9.85. The second-order valence-electron chi connectivity index (χ2n) is 5.90. The monoisotopic (exact) mass is 351 g/mol. The first-order valence-corrected chi connectivity index (χ1v) is 7.60. The smallest absolute Gasteiger partial charge is 0.165 e. The predicted molar refractivity (Wildman–Crippen MR) is 87.2 cm³/mol. The van der Waals surface area contributed by atoms with Crippen molar-refractivity contribution in [1.29, 1.82) is 0 Å². The third-order valence-corrected chi connectivity index (χ3v) is 3.50. The summed E-state index contributed by atoms with van der Waals surface area (Å²) in [7, 11) is 0. The number of hydrogen-bond acceptors (Lipinski definition) is 2. The van der Waals surface area contributed by atoms with Crippen LogP contribution in [0.4, 0.5) is 4.39 Å². The van der Waals surface area contributed by atoms with Crippen LogP contribution < -0.4 is 10.1 Å². The van der Waals surface area contributed by atoms with Gasteiger partial charge in [-0.25, -0.2) is 4.39 Å². The Morgan fingerprint density at radius 2 is 1.81 bits per heavy atom. The third-order valence-electron chi connectivity index (χ3n) is 2.88. The van der Waals surface area contributed by atoms with E-state index in [-0.39, 0.29) is 17.1 Å². The van der Waals surface area contributed by atoms with E-state index in [4.69, 9.17) is 4.74 Å². The molecule has 0 aliphatic rings. The van der Waals surface area contributed by atoms with Crippen molar-refractivity contribution in [1.82, 2.24) is 5.32 Å². The molecule has 0 aromatic heterocycles. The van der Waals surface area contributed by atoms with Crippen LogP contribution in [0.3, 0.4) is 0 Å². The van der Waals surface area contributed by atoms with Crippen molar-refractivity contribution in [2.45, 2.75) is 32.9 Å². The molecule has 21 heavy (non-hydrogen) atoms. The first kappa shape index (κ1) is 16.0. The molecule has 0 bridgehead atoms. The molecule has 0 heterocycles. The molecule has 2 nitrogen and oxygen atoms in total. The van der Waals surface area contributed by atoms with Crippen LogP contribution in [0.5, 0.6) is 11.5 Å². The summed E-state index contributed by atoms with van der Waals surface area (Å²) in [5.41, 5.74) is 1.20. The molecule has 0 saturated carbocycles. The van der Waals surface area contributed by atoms with Crippen LogP contribution in [0, 0.1) is 5.82 Å². The van der Waals surface area contributed by atoms with Crippen molar-refractivity contribution in [3.05, 3.63) is 58.3 Å². The van der Waals surface area contributed by atoms with E-state index in [1.165, 1.54) is 6.07 Å². The number of para-hydroxylation sites is 1. The Morgan fingerprint density at radius 1 is 1.10 bits per heavy atom. The Kier molecular flexibility index (Phi) is 5.01. The van der Waals surface area contributed by atoms with Gasteiger partial charge < -0.3 is 10.1 Å². The summed E-state index contributed by atoms with van der Waals surface area (Å²) in [6, 6.07) is 12.2. The van der Waals surface area contributed by atoms with Crippen LogP contribution in [0.25, 0.3) is 0 Å². The number of rotatable bonds is 4. The molecule has 2 aromatic carbocycles. The number of nitrogens with one attached hydrogen (secondary N) is 1. The maximum atomic E-state index is 13.6. The Bertz CT molecular complexity index is 622. The molecule has 0 spiro atoms. The van der Waals surface area contributed by atoms with E-state index in [0.717, 1.165) is 16.6 Å². The topological polar surface area (TPSA) is 21.3 Å². The minimum atomic E-state index is -0.372. The van der Waals surface area contributed by atoms with Crippen molar-refractivity contribution in [3.63, 3.8) is 0 Å². The minimum Gasteiger partial charge on any atom is -0.453 e. The molecule has 0 amide bonds. The van der Waals surface area contributed by atoms with Crippen LogP contribution in [0.1, 0.15) is 26.3 Å². The molecule has 0 unspecified atom stereocenters. The van der Waals surface area contributed by atoms with Crippen molar-refractivity contribution in [3.8, 4) is 11.5 Å². The van der Waals surface area contributed by atoms with Gasteiger partial charge in [0.25, 0.3) is 0 Å². The zero-order valence-electron chi connectivity index (χ0n) is 12.4. The van der Waals surface area contributed by atoms with Crippen molar-refractivity contribution in [2.24, 2.45) is 0 Å². The predicted octanol–water partition coefficient (Wildman–Crippen LogP) is 5.27. The molecule has 0 aliphatic heterocycles. The average molecular weight is 352 g/mol. The third kappa shape index (κ3) is 4.83. The van der Waals surface area contributed by atoms with Crippen molar-refractivity contribution >= 4 is 15.9 Å². The molecule has 0 atom stereocenters. The number of halogens is 2. The molecular weight excluding hydrogens is 333 g/mol. The molecule has 112 valence electrons. The van der Waals surface area contributed by atoms with Crippen molar-refractivity contribution in [2.75, 3.05) is 0 Å². The Morgan fingerprint density at radius 3 is 2.43 bits per heavy atom. The van der Waals surface area contributed by atoms with Gasteiger partial charge in [0, 0.05) is 12.1 Å². The zero-order chi connectivity index (χ0) is 15.5. The highest BCUT2D eigenvalue weighted by Gasteiger charge is 2.10. The molecule has 0 aliphatic carbocycles. The Labute approximate surface area is 133 Å². The van der Waals surface area contributed by atoms with E-state index in [1.54, 1.807) is 18.2 Å². The van der Waals surface area contributed by atoms with E-state index in [9.17, 15) is 4.39 Å². The quantitative estimate of drug-likeness (QED) is 0.810. The maximum Gasteiger partial charge on any atom is 0.165 e. The number of benzene rings is 2. The molecule has 2 rings (SSSR count). The minimum absolute atomic E-state index is 0.0643. The highest BCUT2D eigenvalue weighted by molar-refractivity contribution is 9.10.